The molecule has 2 aromatic heterocycles. The Labute approximate surface area is 168 Å². The van der Waals surface area contributed by atoms with Crippen molar-refractivity contribution in [3.8, 4) is 11.3 Å². The van der Waals surface area contributed by atoms with Crippen molar-refractivity contribution in [1.29, 1.82) is 0 Å². The van der Waals surface area contributed by atoms with Gasteiger partial charge in [0.2, 0.25) is 5.95 Å². The largest absolute Gasteiger partial charge is 0.339 e. The van der Waals surface area contributed by atoms with Crippen LogP contribution in [0.15, 0.2) is 59.7 Å². The van der Waals surface area contributed by atoms with Crippen LogP contribution in [0.4, 0.5) is 5.95 Å². The Bertz CT molecular complexity index is 1020. The van der Waals surface area contributed by atoms with Gasteiger partial charge in [0.05, 0.1) is 11.7 Å². The molecule has 6 nitrogen and oxygen atoms in total. The number of rotatable bonds is 3. The summed E-state index contributed by atoms with van der Waals surface area (Å²) in [5.41, 5.74) is 2.63. The number of piperazine rings is 1. The van der Waals surface area contributed by atoms with Crippen molar-refractivity contribution in [1.82, 2.24) is 19.9 Å². The van der Waals surface area contributed by atoms with E-state index in [2.05, 4.69) is 22.1 Å². The summed E-state index contributed by atoms with van der Waals surface area (Å²) in [5.74, 6) is 0.673. The van der Waals surface area contributed by atoms with Gasteiger partial charge in [-0.1, -0.05) is 23.7 Å². The van der Waals surface area contributed by atoms with Crippen molar-refractivity contribution in [2.45, 2.75) is 19.0 Å². The third kappa shape index (κ3) is 3.79. The lowest BCUT2D eigenvalue weighted by Gasteiger charge is -2.39. The average molecular weight is 396 g/mol. The topological polar surface area (TPSA) is 63.1 Å². The van der Waals surface area contributed by atoms with Gasteiger partial charge in [-0.15, -0.1) is 0 Å². The molecule has 144 valence electrons. The Morgan fingerprint density at radius 1 is 1.11 bits per heavy atom. The molecule has 0 saturated carbocycles. The molecule has 3 heterocycles. The molecule has 4 rings (SSSR count). The predicted octanol–water partition coefficient (Wildman–Crippen LogP) is 3.04. The Morgan fingerprint density at radius 3 is 2.54 bits per heavy atom. The second kappa shape index (κ2) is 7.73. The summed E-state index contributed by atoms with van der Waals surface area (Å²) >= 11 is 6.03. The fourth-order valence-corrected chi connectivity index (χ4v) is 3.74. The van der Waals surface area contributed by atoms with Gasteiger partial charge in [0, 0.05) is 55.2 Å². The van der Waals surface area contributed by atoms with E-state index in [1.165, 1.54) is 0 Å². The fourth-order valence-electron chi connectivity index (χ4n) is 3.62. The Kier molecular flexibility index (Phi) is 5.15. The summed E-state index contributed by atoms with van der Waals surface area (Å²) in [6, 6.07) is 13.6. The number of aromatic nitrogens is 3. The number of pyridine rings is 1. The van der Waals surface area contributed by atoms with Crippen molar-refractivity contribution in [3.05, 3.63) is 75.8 Å². The molecule has 0 amide bonds. The maximum Gasteiger partial charge on any atom is 0.255 e. The predicted molar refractivity (Wildman–Crippen MR) is 112 cm³/mol. The summed E-state index contributed by atoms with van der Waals surface area (Å²) < 4.78 is 1.61. The molecular formula is C21H22ClN5O. The van der Waals surface area contributed by atoms with Crippen molar-refractivity contribution < 1.29 is 0 Å². The van der Waals surface area contributed by atoms with E-state index >= 15 is 0 Å². The minimum Gasteiger partial charge on any atom is -0.339 e. The molecule has 1 saturated heterocycles. The molecule has 28 heavy (non-hydrogen) atoms. The lowest BCUT2D eigenvalue weighted by Crippen LogP contribution is -2.52. The quantitative estimate of drug-likeness (QED) is 0.738. The van der Waals surface area contributed by atoms with E-state index in [1.54, 1.807) is 30.1 Å². The van der Waals surface area contributed by atoms with Gasteiger partial charge in [0.25, 0.3) is 5.56 Å². The molecule has 3 aromatic rings. The highest BCUT2D eigenvalue weighted by atomic mass is 35.5. The van der Waals surface area contributed by atoms with Crippen LogP contribution in [0.25, 0.3) is 11.3 Å². The first kappa shape index (κ1) is 18.7. The van der Waals surface area contributed by atoms with Crippen LogP contribution in [0.1, 0.15) is 18.5 Å². The van der Waals surface area contributed by atoms with E-state index < -0.39 is 0 Å². The van der Waals surface area contributed by atoms with Crippen molar-refractivity contribution >= 4 is 17.5 Å². The molecule has 0 bridgehead atoms. The normalized spacial score (nSPS) is 19.6. The molecule has 2 atom stereocenters. The lowest BCUT2D eigenvalue weighted by atomic mass is 10.0. The average Bonchev–Trinajstić information content (AvgIpc) is 2.70. The number of nitrogens with zero attached hydrogens (tertiary/aromatic N) is 4. The monoisotopic (exact) mass is 395 g/mol. The van der Waals surface area contributed by atoms with Crippen molar-refractivity contribution in [2.24, 2.45) is 7.05 Å². The van der Waals surface area contributed by atoms with Gasteiger partial charge in [0.1, 0.15) is 0 Å². The van der Waals surface area contributed by atoms with Crippen LogP contribution in [-0.2, 0) is 7.05 Å². The van der Waals surface area contributed by atoms with E-state index in [0.717, 1.165) is 22.7 Å². The van der Waals surface area contributed by atoms with Gasteiger partial charge in [-0.25, -0.2) is 4.98 Å². The second-order valence-corrected chi connectivity index (χ2v) is 7.59. The molecule has 1 aliphatic heterocycles. The Morgan fingerprint density at radius 2 is 1.82 bits per heavy atom. The van der Waals surface area contributed by atoms with E-state index in [0.29, 0.717) is 18.2 Å². The van der Waals surface area contributed by atoms with E-state index in [-0.39, 0.29) is 17.6 Å². The standard InChI is InChI=1S/C21H22ClN5O/c1-14-12-27(13-19(24-14)15-3-5-17(22)6-4-15)21-25-18(11-20(28)26(21)2)16-7-9-23-10-8-16/h3-11,14,19,24H,12-13H2,1-2H3/t14-,19?/m0/s1. The SMILES string of the molecule is C[C@H]1CN(c2nc(-c3ccncc3)cc(=O)n2C)CC(c2ccc(Cl)cc2)N1. The van der Waals surface area contributed by atoms with Crippen LogP contribution >= 0.6 is 11.6 Å². The molecule has 0 radical (unpaired) electrons. The first-order chi connectivity index (χ1) is 13.5. The Balaban J connectivity index is 1.70. The first-order valence-corrected chi connectivity index (χ1v) is 9.64. The maximum atomic E-state index is 12.6. The van der Waals surface area contributed by atoms with Gasteiger partial charge in [-0.3, -0.25) is 14.3 Å². The number of halogens is 1. The lowest BCUT2D eigenvalue weighted by molar-refractivity contribution is 0.389. The van der Waals surface area contributed by atoms with Crippen LogP contribution in [0.2, 0.25) is 5.02 Å². The van der Waals surface area contributed by atoms with E-state index in [4.69, 9.17) is 16.6 Å². The smallest absolute Gasteiger partial charge is 0.255 e. The molecule has 1 unspecified atom stereocenters. The summed E-state index contributed by atoms with van der Waals surface area (Å²) in [6.07, 6.45) is 3.41. The zero-order valence-corrected chi connectivity index (χ0v) is 16.6. The summed E-state index contributed by atoms with van der Waals surface area (Å²) in [6.45, 7) is 3.62. The molecule has 1 aromatic carbocycles. The van der Waals surface area contributed by atoms with Crippen LogP contribution in [-0.4, -0.2) is 33.7 Å². The summed E-state index contributed by atoms with van der Waals surface area (Å²) in [5, 5.41) is 4.34. The van der Waals surface area contributed by atoms with E-state index in [1.807, 2.05) is 36.4 Å². The molecule has 7 heteroatoms. The third-order valence-corrected chi connectivity index (χ3v) is 5.28. The minimum absolute atomic E-state index is 0.0777. The number of anilines is 1. The number of hydrogen-bond donors (Lipinski definition) is 1. The van der Waals surface area contributed by atoms with E-state index in [9.17, 15) is 4.79 Å². The zero-order valence-electron chi connectivity index (χ0n) is 15.8. The molecule has 0 aliphatic carbocycles. The van der Waals surface area contributed by atoms with Gasteiger partial charge < -0.3 is 10.2 Å². The third-order valence-electron chi connectivity index (χ3n) is 5.03. The van der Waals surface area contributed by atoms with Gasteiger partial charge in [-0.05, 0) is 36.8 Å². The number of nitrogens with one attached hydrogen (secondary N) is 1. The summed E-state index contributed by atoms with van der Waals surface area (Å²) in [4.78, 5) is 23.6. The van der Waals surface area contributed by atoms with Crippen LogP contribution in [0.5, 0.6) is 0 Å². The molecular weight excluding hydrogens is 374 g/mol. The minimum atomic E-state index is -0.0777. The Hall–Kier alpha value is -2.70. The van der Waals surface area contributed by atoms with Crippen molar-refractivity contribution in [2.75, 3.05) is 18.0 Å². The highest BCUT2D eigenvalue weighted by Crippen LogP contribution is 2.25. The van der Waals surface area contributed by atoms with Gasteiger partial charge in [0.15, 0.2) is 0 Å². The molecule has 1 aliphatic rings. The second-order valence-electron chi connectivity index (χ2n) is 7.15. The highest BCUT2D eigenvalue weighted by molar-refractivity contribution is 6.30. The van der Waals surface area contributed by atoms with Crippen molar-refractivity contribution in [3.63, 3.8) is 0 Å². The van der Waals surface area contributed by atoms with Gasteiger partial charge >= 0.3 is 0 Å². The first-order valence-electron chi connectivity index (χ1n) is 9.26. The molecule has 0 spiro atoms. The summed E-state index contributed by atoms with van der Waals surface area (Å²) in [7, 11) is 1.77. The highest BCUT2D eigenvalue weighted by Gasteiger charge is 2.27. The maximum absolute atomic E-state index is 12.6. The zero-order chi connectivity index (χ0) is 19.7. The van der Waals surface area contributed by atoms with Crippen LogP contribution in [0.3, 0.4) is 0 Å². The van der Waals surface area contributed by atoms with Gasteiger partial charge in [-0.2, -0.15) is 0 Å². The molecule has 1 N–H and O–H groups in total. The fraction of sp³-hybridized carbons (Fsp3) is 0.286. The van der Waals surface area contributed by atoms with Crippen LogP contribution in [0, 0.1) is 0 Å². The number of hydrogen-bond acceptors (Lipinski definition) is 5. The number of benzene rings is 1. The molecule has 1 fully saturated rings. The van der Waals surface area contributed by atoms with Crippen LogP contribution < -0.4 is 15.8 Å².